The van der Waals surface area contributed by atoms with Crippen LogP contribution in [-0.2, 0) is 25.3 Å². The summed E-state index contributed by atoms with van der Waals surface area (Å²) in [5.41, 5.74) is 6.03. The van der Waals surface area contributed by atoms with Crippen LogP contribution >= 0.6 is 0 Å². The second kappa shape index (κ2) is 3.26. The molecule has 0 fully saturated rings. The zero-order valence-corrected chi connectivity index (χ0v) is 9.40. The molecule has 2 aromatic rings. The number of amides is 1. The number of fused-ring (bicyclic) bond motifs is 1. The van der Waals surface area contributed by atoms with Crippen LogP contribution in [0.5, 0.6) is 0 Å². The second-order valence-electron chi connectivity index (χ2n) is 3.81. The van der Waals surface area contributed by atoms with E-state index in [1.54, 1.807) is 25.7 Å². The molecule has 2 aromatic heterocycles. The fourth-order valence-electron chi connectivity index (χ4n) is 1.83. The monoisotopic (exact) mass is 223 g/mol. The summed E-state index contributed by atoms with van der Waals surface area (Å²) in [7, 11) is 3.36. The first-order chi connectivity index (χ1) is 7.43. The first-order valence-corrected chi connectivity index (χ1v) is 4.85. The number of hydrogen-bond donors (Lipinski definition) is 1. The van der Waals surface area contributed by atoms with Crippen LogP contribution < -0.4 is 11.3 Å². The minimum atomic E-state index is -0.475. The van der Waals surface area contributed by atoms with Gasteiger partial charge in [-0.1, -0.05) is 0 Å². The molecule has 0 aliphatic carbocycles. The SMILES string of the molecule is Cc1oc2c(c1CC(N)=O)c(=O)n(C)n2C. The minimum absolute atomic E-state index is 0.0259. The highest BCUT2D eigenvalue weighted by Crippen LogP contribution is 2.22. The molecule has 0 saturated heterocycles. The van der Waals surface area contributed by atoms with Gasteiger partial charge in [-0.25, -0.2) is 0 Å². The van der Waals surface area contributed by atoms with Gasteiger partial charge in [-0.2, -0.15) is 0 Å². The first-order valence-electron chi connectivity index (χ1n) is 4.85. The molecule has 0 atom stereocenters. The lowest BCUT2D eigenvalue weighted by atomic mass is 10.1. The smallest absolute Gasteiger partial charge is 0.278 e. The zero-order chi connectivity index (χ0) is 12.0. The van der Waals surface area contributed by atoms with E-state index in [-0.39, 0.29) is 12.0 Å². The van der Waals surface area contributed by atoms with Crippen molar-refractivity contribution >= 4 is 17.0 Å². The molecule has 0 unspecified atom stereocenters. The van der Waals surface area contributed by atoms with Crippen LogP contribution in [0.4, 0.5) is 0 Å². The van der Waals surface area contributed by atoms with Gasteiger partial charge in [-0.15, -0.1) is 0 Å². The van der Waals surface area contributed by atoms with Crippen molar-refractivity contribution in [2.24, 2.45) is 19.8 Å². The molecule has 2 N–H and O–H groups in total. The van der Waals surface area contributed by atoms with Crippen LogP contribution in [0.2, 0.25) is 0 Å². The Morgan fingerprint density at radius 3 is 2.56 bits per heavy atom. The Balaban J connectivity index is 2.83. The molecule has 0 saturated carbocycles. The second-order valence-corrected chi connectivity index (χ2v) is 3.81. The van der Waals surface area contributed by atoms with Crippen molar-refractivity contribution in [2.45, 2.75) is 13.3 Å². The van der Waals surface area contributed by atoms with Crippen LogP contribution in [0.1, 0.15) is 11.3 Å². The van der Waals surface area contributed by atoms with Crippen LogP contribution in [-0.4, -0.2) is 15.3 Å². The maximum atomic E-state index is 11.9. The number of aryl methyl sites for hydroxylation is 2. The summed E-state index contributed by atoms with van der Waals surface area (Å²) >= 11 is 0. The van der Waals surface area contributed by atoms with Crippen molar-refractivity contribution in [3.05, 3.63) is 21.7 Å². The van der Waals surface area contributed by atoms with Gasteiger partial charge in [-0.3, -0.25) is 19.0 Å². The summed E-state index contributed by atoms with van der Waals surface area (Å²) in [5.74, 6) is 0.0915. The Labute approximate surface area is 91.2 Å². The molecule has 86 valence electrons. The molecule has 0 aliphatic heterocycles. The molecule has 16 heavy (non-hydrogen) atoms. The van der Waals surface area contributed by atoms with Crippen molar-refractivity contribution in [2.75, 3.05) is 0 Å². The van der Waals surface area contributed by atoms with Gasteiger partial charge >= 0.3 is 0 Å². The van der Waals surface area contributed by atoms with Crippen molar-refractivity contribution in [1.82, 2.24) is 9.36 Å². The minimum Gasteiger partial charge on any atom is -0.443 e. The largest absolute Gasteiger partial charge is 0.443 e. The number of rotatable bonds is 2. The van der Waals surface area contributed by atoms with E-state index >= 15 is 0 Å². The number of hydrogen-bond acceptors (Lipinski definition) is 3. The van der Waals surface area contributed by atoms with E-state index < -0.39 is 5.91 Å². The zero-order valence-electron chi connectivity index (χ0n) is 9.40. The number of primary amides is 1. The maximum absolute atomic E-state index is 11.9. The maximum Gasteiger partial charge on any atom is 0.278 e. The molecule has 0 radical (unpaired) electrons. The van der Waals surface area contributed by atoms with Crippen molar-refractivity contribution in [1.29, 1.82) is 0 Å². The highest BCUT2D eigenvalue weighted by Gasteiger charge is 2.20. The third-order valence-corrected chi connectivity index (χ3v) is 2.79. The molecule has 6 nitrogen and oxygen atoms in total. The first kappa shape index (κ1) is 10.5. The lowest BCUT2D eigenvalue weighted by Crippen LogP contribution is -2.19. The number of aromatic nitrogens is 2. The van der Waals surface area contributed by atoms with Crippen LogP contribution in [0, 0.1) is 6.92 Å². The molecule has 0 aliphatic rings. The van der Waals surface area contributed by atoms with Gasteiger partial charge in [0.05, 0.1) is 6.42 Å². The number of nitrogens with zero attached hydrogens (tertiary/aromatic N) is 2. The fraction of sp³-hybridized carbons (Fsp3) is 0.400. The summed E-state index contributed by atoms with van der Waals surface area (Å²) in [4.78, 5) is 22.8. The molecule has 0 bridgehead atoms. The Bertz CT molecular complexity index is 630. The quantitative estimate of drug-likeness (QED) is 0.765. The van der Waals surface area contributed by atoms with E-state index in [0.717, 1.165) is 0 Å². The van der Waals surface area contributed by atoms with Crippen molar-refractivity contribution in [3.8, 4) is 0 Å². The summed E-state index contributed by atoms with van der Waals surface area (Å²) in [6, 6.07) is 0. The summed E-state index contributed by atoms with van der Waals surface area (Å²) in [5, 5.41) is 0.446. The molecule has 0 aromatic carbocycles. The van der Waals surface area contributed by atoms with Gasteiger partial charge in [-0.05, 0) is 6.92 Å². The lowest BCUT2D eigenvalue weighted by molar-refractivity contribution is -0.117. The summed E-state index contributed by atoms with van der Waals surface area (Å²) in [6.45, 7) is 1.72. The molecular weight excluding hydrogens is 210 g/mol. The van der Waals surface area contributed by atoms with E-state index in [1.165, 1.54) is 4.68 Å². The topological polar surface area (TPSA) is 83.2 Å². The van der Waals surface area contributed by atoms with E-state index in [4.69, 9.17) is 10.2 Å². The van der Waals surface area contributed by atoms with Gasteiger partial charge < -0.3 is 10.2 Å². The average molecular weight is 223 g/mol. The van der Waals surface area contributed by atoms with Gasteiger partial charge in [0.15, 0.2) is 0 Å². The molecule has 2 rings (SSSR count). The molecule has 0 spiro atoms. The third-order valence-electron chi connectivity index (χ3n) is 2.79. The molecule has 6 heteroatoms. The molecule has 1 amide bonds. The van der Waals surface area contributed by atoms with Crippen LogP contribution in [0.3, 0.4) is 0 Å². The predicted molar refractivity (Wildman–Crippen MR) is 58.1 cm³/mol. The fourth-order valence-corrected chi connectivity index (χ4v) is 1.83. The van der Waals surface area contributed by atoms with E-state index in [0.29, 0.717) is 22.4 Å². The number of furan rings is 1. The van der Waals surface area contributed by atoms with Gasteiger partial charge in [0, 0.05) is 19.7 Å². The summed E-state index contributed by atoms with van der Waals surface area (Å²) in [6.07, 6.45) is 0.0259. The predicted octanol–water partition coefficient (Wildman–Crippen LogP) is -0.194. The van der Waals surface area contributed by atoms with Crippen LogP contribution in [0.15, 0.2) is 9.21 Å². The highest BCUT2D eigenvalue weighted by molar-refractivity contribution is 5.86. The average Bonchev–Trinajstić information content (AvgIpc) is 2.61. The van der Waals surface area contributed by atoms with Gasteiger partial charge in [0.2, 0.25) is 11.6 Å². The van der Waals surface area contributed by atoms with Gasteiger partial charge in [0.1, 0.15) is 11.1 Å². The number of carbonyl (C=O) groups is 1. The van der Waals surface area contributed by atoms with E-state index in [2.05, 4.69) is 0 Å². The number of nitrogens with two attached hydrogens (primary N) is 1. The summed E-state index contributed by atoms with van der Waals surface area (Å²) < 4.78 is 8.50. The standard InChI is InChI=1S/C10H13N3O3/c1-5-6(4-7(11)14)8-9(15)12(2)13(3)10(8)16-5/h4H2,1-3H3,(H2,11,14). The normalized spacial score (nSPS) is 11.2. The third kappa shape index (κ3) is 1.26. The highest BCUT2D eigenvalue weighted by atomic mass is 16.3. The van der Waals surface area contributed by atoms with Crippen molar-refractivity contribution in [3.63, 3.8) is 0 Å². The molecular formula is C10H13N3O3. The van der Waals surface area contributed by atoms with Crippen LogP contribution in [0.25, 0.3) is 11.1 Å². The Morgan fingerprint density at radius 1 is 1.38 bits per heavy atom. The van der Waals surface area contributed by atoms with E-state index in [9.17, 15) is 9.59 Å². The lowest BCUT2D eigenvalue weighted by Gasteiger charge is -1.98. The molecule has 2 heterocycles. The van der Waals surface area contributed by atoms with Gasteiger partial charge in [0.25, 0.3) is 5.56 Å². The Morgan fingerprint density at radius 2 is 2.00 bits per heavy atom. The Kier molecular flexibility index (Phi) is 2.15. The van der Waals surface area contributed by atoms with Crippen molar-refractivity contribution < 1.29 is 9.21 Å². The van der Waals surface area contributed by atoms with E-state index in [1.807, 2.05) is 0 Å². The number of carbonyl (C=O) groups excluding carboxylic acids is 1. The Hall–Kier alpha value is -1.98.